The van der Waals surface area contributed by atoms with Gasteiger partial charge in [0.05, 0.1) is 16.7 Å². The van der Waals surface area contributed by atoms with Crippen LogP contribution in [0.1, 0.15) is 47.4 Å². The molecule has 2 heterocycles. The van der Waals surface area contributed by atoms with E-state index in [1.165, 1.54) is 11.3 Å². The van der Waals surface area contributed by atoms with E-state index in [0.717, 1.165) is 17.7 Å². The van der Waals surface area contributed by atoms with E-state index in [0.29, 0.717) is 11.4 Å². The van der Waals surface area contributed by atoms with Crippen molar-refractivity contribution in [2.45, 2.75) is 37.5 Å². The van der Waals surface area contributed by atoms with Crippen LogP contribution in [-0.2, 0) is 9.84 Å². The van der Waals surface area contributed by atoms with Gasteiger partial charge in [-0.1, -0.05) is 6.42 Å². The number of aliphatic hydroxyl groups is 1. The second-order valence-corrected chi connectivity index (χ2v) is 7.53. The molecule has 1 N–H and O–H groups in total. The normalized spacial score (nSPS) is 26.5. The Bertz CT molecular complexity index is 464. The van der Waals surface area contributed by atoms with E-state index >= 15 is 0 Å². The third kappa shape index (κ3) is 2.28. The first kappa shape index (κ1) is 12.0. The fourth-order valence-corrected chi connectivity index (χ4v) is 5.12. The van der Waals surface area contributed by atoms with Crippen molar-refractivity contribution >= 4 is 21.2 Å². The molecule has 0 spiro atoms. The lowest BCUT2D eigenvalue weighted by atomic mass is 10.2. The fraction of sp³-hybridized carbons (Fsp3) is 0.700. The minimum Gasteiger partial charge on any atom is -0.388 e. The summed E-state index contributed by atoms with van der Waals surface area (Å²) in [5, 5.41) is 9.58. The molecule has 1 aromatic rings. The molecule has 1 saturated heterocycles. The monoisotopic (exact) mass is 261 g/mol. The molecular weight excluding hydrogens is 246 g/mol. The van der Waals surface area contributed by atoms with Crippen LogP contribution in [-0.4, -0.2) is 24.3 Å². The molecule has 1 fully saturated rings. The quantitative estimate of drug-likeness (QED) is 0.882. The number of nitrogens with zero attached hydrogens (tertiary/aromatic N) is 1. The van der Waals surface area contributed by atoms with Crippen molar-refractivity contribution in [1.82, 2.24) is 4.98 Å². The van der Waals surface area contributed by atoms with Gasteiger partial charge in [-0.15, -0.1) is 11.3 Å². The summed E-state index contributed by atoms with van der Waals surface area (Å²) in [5.74, 6) is 0.265. The van der Waals surface area contributed by atoms with Gasteiger partial charge in [-0.2, -0.15) is 0 Å². The zero-order valence-electron chi connectivity index (χ0n) is 9.09. The zero-order chi connectivity index (χ0) is 11.8. The first-order chi connectivity index (χ1) is 7.50. The number of aliphatic hydroxyl groups excluding tert-OH is 1. The maximum absolute atomic E-state index is 11.9. The van der Waals surface area contributed by atoms with Gasteiger partial charge in [0.25, 0.3) is 0 Å². The summed E-state index contributed by atoms with van der Waals surface area (Å²) in [5.41, 5.74) is 0. The summed E-state index contributed by atoms with van der Waals surface area (Å²) < 4.78 is 23.7. The lowest BCUT2D eigenvalue weighted by molar-refractivity contribution is 0.203. The van der Waals surface area contributed by atoms with Gasteiger partial charge in [-0.3, -0.25) is 0 Å². The van der Waals surface area contributed by atoms with Crippen LogP contribution in [0.5, 0.6) is 0 Å². The molecule has 16 heavy (non-hydrogen) atoms. The van der Waals surface area contributed by atoms with E-state index < -0.39 is 21.2 Å². The van der Waals surface area contributed by atoms with E-state index in [1.54, 1.807) is 13.1 Å². The predicted octanol–water partition coefficient (Wildman–Crippen LogP) is 1.84. The standard InChI is InChI=1S/C10H15NO3S2/c1-7(12)8-6-11-10(15-8)9-4-2-3-5-16(9,13)14/h6-7,9,12H,2-5H2,1H3. The Morgan fingerprint density at radius 2 is 2.31 bits per heavy atom. The van der Waals surface area contributed by atoms with Gasteiger partial charge in [-0.05, 0) is 19.8 Å². The molecule has 1 aromatic heterocycles. The molecule has 0 amide bonds. The third-order valence-electron chi connectivity index (χ3n) is 2.81. The Morgan fingerprint density at radius 1 is 1.56 bits per heavy atom. The van der Waals surface area contributed by atoms with Crippen LogP contribution in [0, 0.1) is 0 Å². The second kappa shape index (κ2) is 4.43. The highest BCUT2D eigenvalue weighted by Gasteiger charge is 2.32. The minimum atomic E-state index is -3.02. The van der Waals surface area contributed by atoms with Gasteiger partial charge in [0.2, 0.25) is 0 Å². The molecule has 0 aliphatic carbocycles. The number of sulfone groups is 1. The molecule has 1 aliphatic rings. The Morgan fingerprint density at radius 3 is 2.88 bits per heavy atom. The molecule has 4 nitrogen and oxygen atoms in total. The lowest BCUT2D eigenvalue weighted by Gasteiger charge is -2.19. The van der Waals surface area contributed by atoms with Crippen LogP contribution in [0.25, 0.3) is 0 Å². The first-order valence-corrected chi connectivity index (χ1v) is 7.89. The molecule has 6 heteroatoms. The number of rotatable bonds is 2. The van der Waals surface area contributed by atoms with E-state index in [1.807, 2.05) is 0 Å². The van der Waals surface area contributed by atoms with Crippen LogP contribution in [0.2, 0.25) is 0 Å². The maximum Gasteiger partial charge on any atom is 0.159 e. The van der Waals surface area contributed by atoms with Crippen LogP contribution in [0.15, 0.2) is 6.20 Å². The summed E-state index contributed by atoms with van der Waals surface area (Å²) in [6.45, 7) is 1.66. The lowest BCUT2D eigenvalue weighted by Crippen LogP contribution is -2.21. The molecule has 90 valence electrons. The van der Waals surface area contributed by atoms with E-state index in [2.05, 4.69) is 4.98 Å². The topological polar surface area (TPSA) is 67.3 Å². The van der Waals surface area contributed by atoms with Gasteiger partial charge in [0.1, 0.15) is 10.3 Å². The van der Waals surface area contributed by atoms with Crippen molar-refractivity contribution in [1.29, 1.82) is 0 Å². The van der Waals surface area contributed by atoms with Crippen molar-refractivity contribution < 1.29 is 13.5 Å². The van der Waals surface area contributed by atoms with Crippen molar-refractivity contribution in [3.63, 3.8) is 0 Å². The first-order valence-electron chi connectivity index (χ1n) is 5.36. The molecule has 2 rings (SSSR count). The Kier molecular flexibility index (Phi) is 3.32. The van der Waals surface area contributed by atoms with Crippen LogP contribution < -0.4 is 0 Å². The Hall–Kier alpha value is -0.460. The number of hydrogen-bond acceptors (Lipinski definition) is 5. The molecule has 0 radical (unpaired) electrons. The summed E-state index contributed by atoms with van der Waals surface area (Å²) >= 11 is 1.31. The molecule has 1 aliphatic heterocycles. The fourth-order valence-electron chi connectivity index (χ4n) is 1.87. The van der Waals surface area contributed by atoms with Gasteiger partial charge < -0.3 is 5.11 Å². The number of thiazole rings is 1. The Balaban J connectivity index is 2.29. The van der Waals surface area contributed by atoms with E-state index in [9.17, 15) is 13.5 Å². The van der Waals surface area contributed by atoms with Crippen molar-refractivity contribution in [2.75, 3.05) is 5.75 Å². The molecule has 2 atom stereocenters. The zero-order valence-corrected chi connectivity index (χ0v) is 10.7. The van der Waals surface area contributed by atoms with Gasteiger partial charge in [-0.25, -0.2) is 13.4 Å². The minimum absolute atomic E-state index is 0.265. The molecule has 0 saturated carbocycles. The van der Waals surface area contributed by atoms with Crippen molar-refractivity contribution in [3.05, 3.63) is 16.1 Å². The highest BCUT2D eigenvalue weighted by atomic mass is 32.2. The number of hydrogen-bond donors (Lipinski definition) is 1. The Labute approximate surface area is 99.3 Å². The van der Waals surface area contributed by atoms with Crippen molar-refractivity contribution in [3.8, 4) is 0 Å². The predicted molar refractivity (Wildman–Crippen MR) is 63.1 cm³/mol. The van der Waals surface area contributed by atoms with Gasteiger partial charge in [0, 0.05) is 6.20 Å². The number of aromatic nitrogens is 1. The van der Waals surface area contributed by atoms with E-state index in [-0.39, 0.29) is 5.75 Å². The van der Waals surface area contributed by atoms with Crippen molar-refractivity contribution in [2.24, 2.45) is 0 Å². The molecular formula is C10H15NO3S2. The SMILES string of the molecule is CC(O)c1cnc(C2CCCCS2(=O)=O)s1. The molecule has 0 bridgehead atoms. The van der Waals surface area contributed by atoms with Gasteiger partial charge >= 0.3 is 0 Å². The summed E-state index contributed by atoms with van der Waals surface area (Å²) in [6, 6.07) is 0. The second-order valence-electron chi connectivity index (χ2n) is 4.13. The highest BCUT2D eigenvalue weighted by molar-refractivity contribution is 7.91. The third-order valence-corrected chi connectivity index (χ3v) is 6.42. The average molecular weight is 261 g/mol. The maximum atomic E-state index is 11.9. The van der Waals surface area contributed by atoms with Gasteiger partial charge in [0.15, 0.2) is 9.84 Å². The summed E-state index contributed by atoms with van der Waals surface area (Å²) in [7, 11) is -3.02. The highest BCUT2D eigenvalue weighted by Crippen LogP contribution is 2.36. The van der Waals surface area contributed by atoms with Crippen LogP contribution in [0.3, 0.4) is 0 Å². The molecule has 0 aromatic carbocycles. The molecule has 2 unspecified atom stereocenters. The average Bonchev–Trinajstić information content (AvgIpc) is 2.65. The van der Waals surface area contributed by atoms with E-state index in [4.69, 9.17) is 0 Å². The smallest absolute Gasteiger partial charge is 0.159 e. The van der Waals surface area contributed by atoms with Crippen LogP contribution >= 0.6 is 11.3 Å². The van der Waals surface area contributed by atoms with Crippen LogP contribution in [0.4, 0.5) is 0 Å². The summed E-state index contributed by atoms with van der Waals surface area (Å²) in [6.07, 6.45) is 3.36. The largest absolute Gasteiger partial charge is 0.388 e. The summed E-state index contributed by atoms with van der Waals surface area (Å²) in [4.78, 5) is 4.87.